The van der Waals surface area contributed by atoms with E-state index in [4.69, 9.17) is 4.52 Å². The van der Waals surface area contributed by atoms with Crippen molar-refractivity contribution < 1.29 is 4.52 Å². The minimum atomic E-state index is 0.291. The number of rotatable bonds is 3. The van der Waals surface area contributed by atoms with E-state index in [2.05, 4.69) is 36.1 Å². The zero-order valence-electron chi connectivity index (χ0n) is 9.18. The Labute approximate surface area is 89.9 Å². The van der Waals surface area contributed by atoms with E-state index in [9.17, 15) is 0 Å². The smallest absolute Gasteiger partial charge is 0.226 e. The molecule has 1 aromatic heterocycles. The van der Waals surface area contributed by atoms with Crippen LogP contribution in [0.2, 0.25) is 0 Å². The largest absolute Gasteiger partial charge is 0.339 e. The lowest BCUT2D eigenvalue weighted by Gasteiger charge is -2.06. The van der Waals surface area contributed by atoms with Crippen molar-refractivity contribution in [1.29, 1.82) is 0 Å². The van der Waals surface area contributed by atoms with Crippen LogP contribution in [0.4, 0.5) is 0 Å². The molecular formula is C12H16N2O. The number of aromatic nitrogens is 2. The number of allylic oxidation sites excluding steroid dienone is 4. The van der Waals surface area contributed by atoms with Crippen molar-refractivity contribution in [3.05, 3.63) is 36.0 Å². The molecule has 0 saturated carbocycles. The molecule has 1 aliphatic carbocycles. The molecule has 0 radical (unpaired) electrons. The van der Waals surface area contributed by atoms with Gasteiger partial charge in [0, 0.05) is 12.3 Å². The number of hydrogen-bond acceptors (Lipinski definition) is 3. The zero-order valence-corrected chi connectivity index (χ0v) is 9.18. The molecule has 1 aromatic rings. The molecule has 0 aliphatic heterocycles. The molecule has 1 unspecified atom stereocenters. The summed E-state index contributed by atoms with van der Waals surface area (Å²) in [4.78, 5) is 4.41. The standard InChI is InChI=1S/C12H16N2O/c1-9(2)8-11-13-12(14-15-11)10-6-4-3-5-7-10/h3-6,9-10H,7-8H2,1-2H3. The molecule has 1 aliphatic rings. The Morgan fingerprint density at radius 2 is 2.33 bits per heavy atom. The van der Waals surface area contributed by atoms with Gasteiger partial charge in [0.05, 0.1) is 0 Å². The molecule has 0 spiro atoms. The summed E-state index contributed by atoms with van der Waals surface area (Å²) < 4.78 is 5.21. The topological polar surface area (TPSA) is 38.9 Å². The van der Waals surface area contributed by atoms with E-state index in [-0.39, 0.29) is 0 Å². The first kappa shape index (κ1) is 10.1. The maximum absolute atomic E-state index is 5.21. The summed E-state index contributed by atoms with van der Waals surface area (Å²) in [5.74, 6) is 2.41. The molecule has 2 rings (SSSR count). The first-order valence-electron chi connectivity index (χ1n) is 5.41. The van der Waals surface area contributed by atoms with Gasteiger partial charge in [-0.1, -0.05) is 43.3 Å². The van der Waals surface area contributed by atoms with E-state index < -0.39 is 0 Å². The van der Waals surface area contributed by atoms with E-state index in [0.717, 1.165) is 24.6 Å². The van der Waals surface area contributed by atoms with Crippen molar-refractivity contribution in [2.24, 2.45) is 5.92 Å². The van der Waals surface area contributed by atoms with E-state index in [1.807, 2.05) is 12.2 Å². The molecule has 1 atom stereocenters. The third-order valence-corrected chi connectivity index (χ3v) is 2.38. The van der Waals surface area contributed by atoms with Crippen LogP contribution in [0.1, 0.15) is 37.9 Å². The number of hydrogen-bond donors (Lipinski definition) is 0. The predicted octanol–water partition coefficient (Wildman–Crippen LogP) is 2.87. The average Bonchev–Trinajstić information content (AvgIpc) is 2.67. The first-order chi connectivity index (χ1) is 7.25. The summed E-state index contributed by atoms with van der Waals surface area (Å²) in [7, 11) is 0. The van der Waals surface area contributed by atoms with E-state index >= 15 is 0 Å². The summed E-state index contributed by atoms with van der Waals surface area (Å²) in [6, 6.07) is 0. The third kappa shape index (κ3) is 2.55. The molecule has 0 N–H and O–H groups in total. The van der Waals surface area contributed by atoms with Crippen LogP contribution in [0.5, 0.6) is 0 Å². The van der Waals surface area contributed by atoms with Gasteiger partial charge < -0.3 is 4.52 Å². The van der Waals surface area contributed by atoms with Gasteiger partial charge in [0.15, 0.2) is 5.82 Å². The predicted molar refractivity (Wildman–Crippen MR) is 58.5 cm³/mol. The molecule has 80 valence electrons. The van der Waals surface area contributed by atoms with E-state index in [1.165, 1.54) is 0 Å². The highest BCUT2D eigenvalue weighted by Crippen LogP contribution is 2.22. The molecule has 0 bridgehead atoms. The highest BCUT2D eigenvalue weighted by molar-refractivity contribution is 5.18. The van der Waals surface area contributed by atoms with Crippen LogP contribution in [0.25, 0.3) is 0 Å². The summed E-state index contributed by atoms with van der Waals surface area (Å²) in [5, 5.41) is 4.02. The van der Waals surface area contributed by atoms with Crippen molar-refractivity contribution in [1.82, 2.24) is 10.1 Å². The van der Waals surface area contributed by atoms with Crippen molar-refractivity contribution in [2.45, 2.75) is 32.6 Å². The fourth-order valence-corrected chi connectivity index (χ4v) is 1.62. The van der Waals surface area contributed by atoms with Crippen LogP contribution >= 0.6 is 0 Å². The first-order valence-corrected chi connectivity index (χ1v) is 5.41. The van der Waals surface area contributed by atoms with Gasteiger partial charge in [-0.25, -0.2) is 0 Å². The quantitative estimate of drug-likeness (QED) is 0.760. The van der Waals surface area contributed by atoms with E-state index in [1.54, 1.807) is 0 Å². The fraction of sp³-hybridized carbons (Fsp3) is 0.500. The second-order valence-corrected chi connectivity index (χ2v) is 4.30. The molecule has 3 heteroatoms. The molecule has 0 fully saturated rings. The van der Waals surface area contributed by atoms with Gasteiger partial charge in [-0.15, -0.1) is 0 Å². The molecule has 15 heavy (non-hydrogen) atoms. The molecular weight excluding hydrogens is 188 g/mol. The Bertz CT molecular complexity index is 377. The second-order valence-electron chi connectivity index (χ2n) is 4.30. The Kier molecular flexibility index (Phi) is 2.99. The van der Waals surface area contributed by atoms with Crippen molar-refractivity contribution in [2.75, 3.05) is 0 Å². The lowest BCUT2D eigenvalue weighted by molar-refractivity contribution is 0.357. The van der Waals surface area contributed by atoms with Gasteiger partial charge in [-0.2, -0.15) is 4.98 Å². The van der Waals surface area contributed by atoms with Crippen LogP contribution in [0, 0.1) is 5.92 Å². The normalized spacial score (nSPS) is 20.1. The Morgan fingerprint density at radius 1 is 1.47 bits per heavy atom. The molecule has 0 amide bonds. The minimum Gasteiger partial charge on any atom is -0.339 e. The van der Waals surface area contributed by atoms with Crippen LogP contribution < -0.4 is 0 Å². The SMILES string of the molecule is CC(C)Cc1nc(C2C=CC=CC2)no1. The lowest BCUT2D eigenvalue weighted by atomic mass is 10.0. The molecule has 0 aromatic carbocycles. The summed E-state index contributed by atoms with van der Waals surface area (Å²) in [6.07, 6.45) is 10.2. The Hall–Kier alpha value is -1.38. The van der Waals surface area contributed by atoms with Crippen molar-refractivity contribution in [3.8, 4) is 0 Å². The van der Waals surface area contributed by atoms with Gasteiger partial charge >= 0.3 is 0 Å². The van der Waals surface area contributed by atoms with Crippen LogP contribution in [0.3, 0.4) is 0 Å². The van der Waals surface area contributed by atoms with Crippen molar-refractivity contribution >= 4 is 0 Å². The maximum atomic E-state index is 5.21. The fourth-order valence-electron chi connectivity index (χ4n) is 1.62. The van der Waals surface area contributed by atoms with Gasteiger partial charge in [0.2, 0.25) is 5.89 Å². The summed E-state index contributed by atoms with van der Waals surface area (Å²) in [6.45, 7) is 4.29. The second kappa shape index (κ2) is 4.43. The molecule has 0 saturated heterocycles. The highest BCUT2D eigenvalue weighted by atomic mass is 16.5. The molecule has 1 heterocycles. The Morgan fingerprint density at radius 3 is 3.00 bits per heavy atom. The van der Waals surface area contributed by atoms with Gasteiger partial charge in [-0.05, 0) is 12.3 Å². The molecule has 3 nitrogen and oxygen atoms in total. The summed E-state index contributed by atoms with van der Waals surface area (Å²) in [5.41, 5.74) is 0. The monoisotopic (exact) mass is 204 g/mol. The third-order valence-electron chi connectivity index (χ3n) is 2.38. The van der Waals surface area contributed by atoms with Crippen molar-refractivity contribution in [3.63, 3.8) is 0 Å². The van der Waals surface area contributed by atoms with Gasteiger partial charge in [0.25, 0.3) is 0 Å². The summed E-state index contributed by atoms with van der Waals surface area (Å²) >= 11 is 0. The average molecular weight is 204 g/mol. The van der Waals surface area contributed by atoms with Crippen LogP contribution in [0.15, 0.2) is 28.8 Å². The zero-order chi connectivity index (χ0) is 10.7. The lowest BCUT2D eigenvalue weighted by Crippen LogP contribution is -1.99. The van der Waals surface area contributed by atoms with Crippen LogP contribution in [-0.4, -0.2) is 10.1 Å². The minimum absolute atomic E-state index is 0.291. The van der Waals surface area contributed by atoms with Gasteiger partial charge in [-0.3, -0.25) is 0 Å². The van der Waals surface area contributed by atoms with Gasteiger partial charge in [0.1, 0.15) is 0 Å². The number of nitrogens with zero attached hydrogens (tertiary/aromatic N) is 2. The van der Waals surface area contributed by atoms with Crippen LogP contribution in [-0.2, 0) is 6.42 Å². The maximum Gasteiger partial charge on any atom is 0.226 e. The highest BCUT2D eigenvalue weighted by Gasteiger charge is 2.16. The van der Waals surface area contributed by atoms with E-state index in [0.29, 0.717) is 11.8 Å². The Balaban J connectivity index is 2.06.